The third kappa shape index (κ3) is 4.70. The molecule has 10 heteroatoms. The lowest BCUT2D eigenvalue weighted by atomic mass is 9.92. The zero-order chi connectivity index (χ0) is 20.2. The second-order valence-electron chi connectivity index (χ2n) is 6.10. The number of halogens is 2. The number of rotatable bonds is 7. The van der Waals surface area contributed by atoms with Crippen LogP contribution in [0.15, 0.2) is 18.2 Å². The van der Waals surface area contributed by atoms with E-state index >= 15 is 0 Å². The number of nitrogens with zero attached hydrogens (tertiary/aromatic N) is 1. The van der Waals surface area contributed by atoms with Crippen LogP contribution in [0.3, 0.4) is 0 Å². The summed E-state index contributed by atoms with van der Waals surface area (Å²) in [5.74, 6) is -1.50. The van der Waals surface area contributed by atoms with Gasteiger partial charge in [0.05, 0.1) is 7.11 Å². The number of esters is 1. The minimum atomic E-state index is -1.40. The first-order valence-corrected chi connectivity index (χ1v) is 8.87. The summed E-state index contributed by atoms with van der Waals surface area (Å²) in [6.07, 6.45) is 0.545. The normalized spacial score (nSPS) is 19.0. The quantitative estimate of drug-likeness (QED) is 0.401. The lowest BCUT2D eigenvalue weighted by Gasteiger charge is -2.23. The average Bonchev–Trinajstić information content (AvgIpc) is 2.82. The largest absolute Gasteiger partial charge is 0.469 e. The van der Waals surface area contributed by atoms with Crippen molar-refractivity contribution in [3.63, 3.8) is 0 Å². The Hall–Kier alpha value is -2.32. The van der Waals surface area contributed by atoms with E-state index in [1.165, 1.54) is 20.1 Å². The molecule has 1 heterocycles. The van der Waals surface area contributed by atoms with Gasteiger partial charge in [-0.25, -0.2) is 4.79 Å². The monoisotopic (exact) mass is 415 g/mol. The van der Waals surface area contributed by atoms with Gasteiger partial charge in [-0.3, -0.25) is 19.3 Å². The number of methoxy groups -OCH3 is 1. The van der Waals surface area contributed by atoms with Gasteiger partial charge < -0.3 is 15.4 Å². The van der Waals surface area contributed by atoms with E-state index in [0.29, 0.717) is 17.0 Å². The van der Waals surface area contributed by atoms with E-state index in [9.17, 15) is 19.2 Å². The molecule has 1 aromatic carbocycles. The maximum Gasteiger partial charge on any atom is 0.325 e. The van der Waals surface area contributed by atoms with Gasteiger partial charge >= 0.3 is 12.0 Å². The Morgan fingerprint density at radius 3 is 2.63 bits per heavy atom. The lowest BCUT2D eigenvalue weighted by Crippen LogP contribution is -2.43. The molecule has 1 aliphatic rings. The molecule has 0 spiro atoms. The minimum absolute atomic E-state index is 0.160. The smallest absolute Gasteiger partial charge is 0.325 e. The van der Waals surface area contributed by atoms with Gasteiger partial charge in [0, 0.05) is 28.6 Å². The first-order chi connectivity index (χ1) is 12.7. The Morgan fingerprint density at radius 1 is 1.30 bits per heavy atom. The molecule has 1 fully saturated rings. The number of nitrogens with one attached hydrogen (secondary N) is 2. The highest BCUT2D eigenvalue weighted by molar-refractivity contribution is 6.35. The summed E-state index contributed by atoms with van der Waals surface area (Å²) in [5, 5.41) is 5.75. The Morgan fingerprint density at radius 2 is 2.00 bits per heavy atom. The van der Waals surface area contributed by atoms with E-state index < -0.39 is 29.9 Å². The second kappa shape index (κ2) is 8.58. The molecule has 0 aliphatic carbocycles. The molecule has 1 atom stereocenters. The predicted octanol–water partition coefficient (Wildman–Crippen LogP) is 1.83. The summed E-state index contributed by atoms with van der Waals surface area (Å²) in [6, 6.07) is 3.89. The maximum atomic E-state index is 12.8. The first-order valence-electron chi connectivity index (χ1n) is 8.12. The molecular weight excluding hydrogens is 397 g/mol. The number of carbonyl (C=O) groups is 4. The molecule has 0 bridgehead atoms. The molecule has 146 valence electrons. The van der Waals surface area contributed by atoms with E-state index in [0.717, 1.165) is 4.90 Å². The third-order valence-electron chi connectivity index (χ3n) is 4.15. The van der Waals surface area contributed by atoms with Crippen molar-refractivity contribution in [3.05, 3.63) is 33.8 Å². The van der Waals surface area contributed by atoms with Crippen molar-refractivity contribution in [3.8, 4) is 0 Å². The van der Waals surface area contributed by atoms with Gasteiger partial charge in [0.25, 0.3) is 5.91 Å². The van der Waals surface area contributed by atoms with E-state index in [4.69, 9.17) is 23.2 Å². The number of urea groups is 1. The van der Waals surface area contributed by atoms with E-state index in [2.05, 4.69) is 15.4 Å². The maximum absolute atomic E-state index is 12.8. The molecule has 8 nitrogen and oxygen atoms in total. The Balaban J connectivity index is 2.01. The Kier molecular flexibility index (Phi) is 6.67. The van der Waals surface area contributed by atoms with Crippen molar-refractivity contribution < 1.29 is 23.9 Å². The fourth-order valence-corrected chi connectivity index (χ4v) is 3.28. The van der Waals surface area contributed by atoms with E-state index in [1.54, 1.807) is 12.1 Å². The van der Waals surface area contributed by atoms with Gasteiger partial charge in [0.15, 0.2) is 0 Å². The Bertz CT molecular complexity index is 786. The van der Waals surface area contributed by atoms with Gasteiger partial charge in [-0.2, -0.15) is 0 Å². The highest BCUT2D eigenvalue weighted by Gasteiger charge is 2.50. The molecular formula is C17H19Cl2N3O5. The highest BCUT2D eigenvalue weighted by atomic mass is 35.5. The van der Waals surface area contributed by atoms with Crippen LogP contribution in [-0.4, -0.2) is 48.9 Å². The van der Waals surface area contributed by atoms with Crippen LogP contribution in [0.2, 0.25) is 10.0 Å². The second-order valence-corrected chi connectivity index (χ2v) is 6.94. The molecule has 0 radical (unpaired) electrons. The summed E-state index contributed by atoms with van der Waals surface area (Å²) >= 11 is 12.0. The van der Waals surface area contributed by atoms with Gasteiger partial charge in [0.2, 0.25) is 5.91 Å². The van der Waals surface area contributed by atoms with Crippen molar-refractivity contribution in [2.75, 3.05) is 20.2 Å². The van der Waals surface area contributed by atoms with Crippen LogP contribution in [0.25, 0.3) is 0 Å². The fraction of sp³-hybridized carbons (Fsp3) is 0.412. The number of ether oxygens (including phenoxy) is 1. The van der Waals surface area contributed by atoms with Crippen molar-refractivity contribution in [1.82, 2.24) is 15.5 Å². The van der Waals surface area contributed by atoms with Gasteiger partial charge in [0.1, 0.15) is 12.1 Å². The van der Waals surface area contributed by atoms with Crippen molar-refractivity contribution in [2.45, 2.75) is 25.3 Å². The summed E-state index contributed by atoms with van der Waals surface area (Å²) in [7, 11) is 1.28. The number of hydrogen-bond acceptors (Lipinski definition) is 5. The first kappa shape index (κ1) is 21.0. The van der Waals surface area contributed by atoms with Crippen LogP contribution in [-0.2, 0) is 24.7 Å². The fourth-order valence-electron chi connectivity index (χ4n) is 2.68. The van der Waals surface area contributed by atoms with Gasteiger partial charge in [-0.05, 0) is 25.5 Å². The van der Waals surface area contributed by atoms with Crippen molar-refractivity contribution in [2.24, 2.45) is 0 Å². The lowest BCUT2D eigenvalue weighted by molar-refractivity contribution is -0.140. The van der Waals surface area contributed by atoms with Crippen LogP contribution >= 0.6 is 23.2 Å². The summed E-state index contributed by atoms with van der Waals surface area (Å²) in [6.45, 7) is 1.29. The highest BCUT2D eigenvalue weighted by Crippen LogP contribution is 2.34. The third-order valence-corrected chi connectivity index (χ3v) is 4.70. The summed E-state index contributed by atoms with van der Waals surface area (Å²) in [4.78, 5) is 48.9. The molecule has 1 aromatic rings. The van der Waals surface area contributed by atoms with Crippen LogP contribution in [0.5, 0.6) is 0 Å². The number of amides is 4. The van der Waals surface area contributed by atoms with Crippen molar-refractivity contribution in [1.29, 1.82) is 0 Å². The van der Waals surface area contributed by atoms with Crippen LogP contribution < -0.4 is 10.6 Å². The van der Waals surface area contributed by atoms with E-state index in [1.807, 2.05) is 0 Å². The average molecular weight is 416 g/mol. The van der Waals surface area contributed by atoms with E-state index in [-0.39, 0.29) is 24.0 Å². The molecule has 0 aromatic heterocycles. The summed E-state index contributed by atoms with van der Waals surface area (Å²) in [5.41, 5.74) is -1.02. The van der Waals surface area contributed by atoms with Crippen LogP contribution in [0, 0.1) is 0 Å². The molecule has 0 unspecified atom stereocenters. The molecule has 2 N–H and O–H groups in total. The SMILES string of the molecule is COC(=O)CCCNC(=O)CN1C(=O)N[C@](C)(c2ccc(Cl)cc2Cl)C1=O. The topological polar surface area (TPSA) is 105 Å². The van der Waals surface area contributed by atoms with Gasteiger partial charge in [-0.15, -0.1) is 0 Å². The van der Waals surface area contributed by atoms with Gasteiger partial charge in [-0.1, -0.05) is 29.3 Å². The van der Waals surface area contributed by atoms with Crippen LogP contribution in [0.1, 0.15) is 25.3 Å². The molecule has 0 saturated carbocycles. The molecule has 4 amide bonds. The Labute approximate surface area is 166 Å². The van der Waals surface area contributed by atoms with Crippen LogP contribution in [0.4, 0.5) is 4.79 Å². The number of hydrogen-bond donors (Lipinski definition) is 2. The molecule has 1 aliphatic heterocycles. The predicted molar refractivity (Wildman–Crippen MR) is 98.3 cm³/mol. The minimum Gasteiger partial charge on any atom is -0.469 e. The number of carbonyl (C=O) groups excluding carboxylic acids is 4. The molecule has 2 rings (SSSR count). The van der Waals surface area contributed by atoms with Crippen molar-refractivity contribution >= 4 is 47.0 Å². The number of benzene rings is 1. The molecule has 1 saturated heterocycles. The zero-order valence-electron chi connectivity index (χ0n) is 14.8. The molecule has 27 heavy (non-hydrogen) atoms. The number of imide groups is 1. The zero-order valence-corrected chi connectivity index (χ0v) is 16.3. The summed E-state index contributed by atoms with van der Waals surface area (Å²) < 4.78 is 4.50. The standard InChI is InChI=1S/C17H19Cl2N3O5/c1-17(11-6-5-10(18)8-12(11)19)15(25)22(16(26)21-17)9-13(23)20-7-3-4-14(24)27-2/h5-6,8H,3-4,7,9H2,1-2H3,(H,20,23)(H,21,26)/t17-/m1/s1.